The number of hydrogen-bond donors (Lipinski definition) is 3. The number of rotatable bonds is 2. The summed E-state index contributed by atoms with van der Waals surface area (Å²) in [6.07, 6.45) is 0.0169. The van der Waals surface area contributed by atoms with E-state index in [9.17, 15) is 5.11 Å². The molecule has 9 heteroatoms. The van der Waals surface area contributed by atoms with Crippen molar-refractivity contribution in [3.63, 3.8) is 0 Å². The van der Waals surface area contributed by atoms with Gasteiger partial charge in [-0.2, -0.15) is 9.97 Å². The minimum atomic E-state index is -0.734. The van der Waals surface area contributed by atoms with Gasteiger partial charge in [-0.3, -0.25) is 4.57 Å². The second kappa shape index (κ2) is 4.57. The van der Waals surface area contributed by atoms with E-state index in [0.29, 0.717) is 17.6 Å². The highest BCUT2D eigenvalue weighted by Crippen LogP contribution is 2.31. The first-order valence-electron chi connectivity index (χ1n) is 5.70. The summed E-state index contributed by atoms with van der Waals surface area (Å²) in [5.74, 6) is 0.186. The highest BCUT2D eigenvalue weighted by Gasteiger charge is 2.35. The van der Waals surface area contributed by atoms with Gasteiger partial charge < -0.3 is 20.7 Å². The van der Waals surface area contributed by atoms with Crippen molar-refractivity contribution in [1.29, 1.82) is 0 Å². The van der Waals surface area contributed by atoms with E-state index in [2.05, 4.69) is 15.0 Å². The van der Waals surface area contributed by atoms with E-state index < -0.39 is 18.4 Å². The van der Waals surface area contributed by atoms with Gasteiger partial charge in [0.2, 0.25) is 5.28 Å². The van der Waals surface area contributed by atoms with Crippen LogP contribution in [-0.2, 0) is 4.74 Å². The lowest BCUT2D eigenvalue weighted by Gasteiger charge is -2.13. The van der Waals surface area contributed by atoms with Gasteiger partial charge in [-0.15, -0.1) is 0 Å². The standard InChI is InChI=1S/C10H12ClN5O3/c11-10-14-8(12)7-9(15-10)16(3-13-7)6-1-4(18)5(2-17)19-6/h3-6,17-18H,1-2H2,(H2,12,14,15)/t4-,5-,6+/m0/s1. The van der Waals surface area contributed by atoms with Crippen molar-refractivity contribution in [1.82, 2.24) is 19.5 Å². The number of hydrogen-bond acceptors (Lipinski definition) is 7. The van der Waals surface area contributed by atoms with Crippen LogP contribution in [0.5, 0.6) is 0 Å². The van der Waals surface area contributed by atoms with E-state index in [1.165, 1.54) is 6.33 Å². The minimum absolute atomic E-state index is 0.0176. The van der Waals surface area contributed by atoms with Crippen molar-refractivity contribution in [3.05, 3.63) is 11.6 Å². The molecule has 1 aliphatic heterocycles. The maximum absolute atomic E-state index is 9.74. The van der Waals surface area contributed by atoms with Crippen LogP contribution in [0.3, 0.4) is 0 Å². The van der Waals surface area contributed by atoms with Crippen LogP contribution in [0.2, 0.25) is 5.28 Å². The van der Waals surface area contributed by atoms with Crippen LogP contribution < -0.4 is 5.73 Å². The molecule has 3 atom stereocenters. The summed E-state index contributed by atoms with van der Waals surface area (Å²) >= 11 is 5.77. The predicted molar refractivity (Wildman–Crippen MR) is 66.4 cm³/mol. The van der Waals surface area contributed by atoms with Gasteiger partial charge in [-0.05, 0) is 11.6 Å². The van der Waals surface area contributed by atoms with Crippen molar-refractivity contribution >= 4 is 28.6 Å². The van der Waals surface area contributed by atoms with Gasteiger partial charge >= 0.3 is 0 Å². The van der Waals surface area contributed by atoms with E-state index in [-0.39, 0.29) is 17.7 Å². The van der Waals surface area contributed by atoms with E-state index in [1.54, 1.807) is 4.57 Å². The topological polar surface area (TPSA) is 119 Å². The maximum Gasteiger partial charge on any atom is 0.226 e. The molecule has 0 unspecified atom stereocenters. The molecule has 2 aromatic heterocycles. The first-order valence-corrected chi connectivity index (χ1v) is 6.08. The number of nitrogen functional groups attached to an aromatic ring is 1. The van der Waals surface area contributed by atoms with Gasteiger partial charge in [-0.25, -0.2) is 4.98 Å². The van der Waals surface area contributed by atoms with Crippen LogP contribution in [0.1, 0.15) is 12.6 Å². The fourth-order valence-corrected chi connectivity index (χ4v) is 2.34. The second-order valence-corrected chi connectivity index (χ2v) is 4.65. The molecule has 3 heterocycles. The van der Waals surface area contributed by atoms with Crippen LogP contribution in [0.15, 0.2) is 6.33 Å². The zero-order chi connectivity index (χ0) is 13.6. The summed E-state index contributed by atoms with van der Waals surface area (Å²) in [6, 6.07) is 0. The summed E-state index contributed by atoms with van der Waals surface area (Å²) in [6.45, 7) is -0.248. The SMILES string of the molecule is Nc1nc(Cl)nc2c1ncn2[C@H]1C[C@H](O)[C@H](CO)O1. The molecule has 4 N–H and O–H groups in total. The van der Waals surface area contributed by atoms with Gasteiger partial charge in [0, 0.05) is 6.42 Å². The highest BCUT2D eigenvalue weighted by atomic mass is 35.5. The number of nitrogens with two attached hydrogens (primary N) is 1. The molecule has 0 bridgehead atoms. The minimum Gasteiger partial charge on any atom is -0.394 e. The molecule has 2 aromatic rings. The fraction of sp³-hybridized carbons (Fsp3) is 0.500. The number of imidazole rings is 1. The Bertz CT molecular complexity index is 618. The predicted octanol–water partition coefficient (Wildman–Crippen LogP) is -0.297. The first-order chi connectivity index (χ1) is 9.10. The average Bonchev–Trinajstić information content (AvgIpc) is 2.92. The third kappa shape index (κ3) is 2.02. The van der Waals surface area contributed by atoms with Crippen LogP contribution >= 0.6 is 11.6 Å². The molecule has 0 aliphatic carbocycles. The van der Waals surface area contributed by atoms with E-state index in [0.717, 1.165) is 0 Å². The van der Waals surface area contributed by atoms with Gasteiger partial charge in [0.15, 0.2) is 11.5 Å². The molecule has 1 fully saturated rings. The highest BCUT2D eigenvalue weighted by molar-refractivity contribution is 6.28. The lowest BCUT2D eigenvalue weighted by atomic mass is 10.2. The summed E-state index contributed by atoms with van der Waals surface area (Å²) in [5, 5.41) is 18.8. The molecule has 0 spiro atoms. The average molecular weight is 286 g/mol. The number of aliphatic hydroxyl groups excluding tert-OH is 2. The van der Waals surface area contributed by atoms with Crippen molar-refractivity contribution in [2.75, 3.05) is 12.3 Å². The molecule has 0 aromatic carbocycles. The van der Waals surface area contributed by atoms with Gasteiger partial charge in [0.05, 0.1) is 19.0 Å². The summed E-state index contributed by atoms with van der Waals surface area (Å²) in [4.78, 5) is 12.0. The summed E-state index contributed by atoms with van der Waals surface area (Å²) in [5.41, 5.74) is 6.57. The first kappa shape index (κ1) is 12.5. The Hall–Kier alpha value is -1.48. The summed E-state index contributed by atoms with van der Waals surface area (Å²) in [7, 11) is 0. The monoisotopic (exact) mass is 285 g/mol. The maximum atomic E-state index is 9.74. The number of ether oxygens (including phenoxy) is 1. The molecule has 0 saturated carbocycles. The molecular weight excluding hydrogens is 274 g/mol. The van der Waals surface area contributed by atoms with Crippen molar-refractivity contribution < 1.29 is 14.9 Å². The number of nitrogens with zero attached hydrogens (tertiary/aromatic N) is 4. The van der Waals surface area contributed by atoms with E-state index in [1.807, 2.05) is 0 Å². The fourth-order valence-electron chi connectivity index (χ4n) is 2.17. The number of aromatic nitrogens is 4. The molecule has 0 amide bonds. The molecule has 1 saturated heterocycles. The summed E-state index contributed by atoms with van der Waals surface area (Å²) < 4.78 is 7.16. The third-order valence-corrected chi connectivity index (χ3v) is 3.28. The van der Waals surface area contributed by atoms with Crippen LogP contribution in [0, 0.1) is 0 Å². The largest absolute Gasteiger partial charge is 0.394 e. The Labute approximate surface area is 112 Å². The molecular formula is C10H12ClN5O3. The lowest BCUT2D eigenvalue weighted by Crippen LogP contribution is -2.24. The number of halogens is 1. The normalized spacial score (nSPS) is 27.2. The zero-order valence-corrected chi connectivity index (χ0v) is 10.5. The van der Waals surface area contributed by atoms with Crippen molar-refractivity contribution in [3.8, 4) is 0 Å². The molecule has 0 radical (unpaired) electrons. The quantitative estimate of drug-likeness (QED) is 0.648. The molecule has 1 aliphatic rings. The van der Waals surface area contributed by atoms with E-state index >= 15 is 0 Å². The molecule has 19 heavy (non-hydrogen) atoms. The van der Waals surface area contributed by atoms with Crippen LogP contribution in [0.4, 0.5) is 5.82 Å². The van der Waals surface area contributed by atoms with Gasteiger partial charge in [-0.1, -0.05) is 0 Å². The smallest absolute Gasteiger partial charge is 0.226 e. The molecule has 102 valence electrons. The Morgan fingerprint density at radius 1 is 1.53 bits per heavy atom. The van der Waals surface area contributed by atoms with Crippen LogP contribution in [-0.4, -0.2) is 48.5 Å². The van der Waals surface area contributed by atoms with Crippen molar-refractivity contribution in [2.45, 2.75) is 24.9 Å². The Kier molecular flexibility index (Phi) is 3.02. The third-order valence-electron chi connectivity index (χ3n) is 3.12. The number of aliphatic hydroxyl groups is 2. The zero-order valence-electron chi connectivity index (χ0n) is 9.77. The van der Waals surface area contributed by atoms with Crippen molar-refractivity contribution in [2.24, 2.45) is 0 Å². The lowest BCUT2D eigenvalue weighted by molar-refractivity contribution is -0.0432. The van der Waals surface area contributed by atoms with Gasteiger partial charge in [0.1, 0.15) is 17.8 Å². The number of anilines is 1. The molecule has 3 rings (SSSR count). The van der Waals surface area contributed by atoms with Gasteiger partial charge in [0.25, 0.3) is 0 Å². The molecule has 8 nitrogen and oxygen atoms in total. The van der Waals surface area contributed by atoms with E-state index in [4.69, 9.17) is 27.2 Å². The number of fused-ring (bicyclic) bond motifs is 1. The van der Waals surface area contributed by atoms with Crippen LogP contribution in [0.25, 0.3) is 11.2 Å². The second-order valence-electron chi connectivity index (χ2n) is 4.32. The Balaban J connectivity index is 2.02. The Morgan fingerprint density at radius 2 is 2.32 bits per heavy atom. The Morgan fingerprint density at radius 3 is 3.00 bits per heavy atom.